The molecule has 1 fully saturated rings. The van der Waals surface area contributed by atoms with E-state index in [1.807, 2.05) is 96.8 Å². The largest absolute Gasteiger partial charge is 0.481 e. The van der Waals surface area contributed by atoms with E-state index in [-0.39, 0.29) is 30.2 Å². The van der Waals surface area contributed by atoms with Crippen LogP contribution in [0.2, 0.25) is 0 Å². The minimum Gasteiger partial charge on any atom is -0.481 e. The summed E-state index contributed by atoms with van der Waals surface area (Å²) in [4.78, 5) is 55.2. The van der Waals surface area contributed by atoms with Gasteiger partial charge in [0.1, 0.15) is 0 Å². The third-order valence-electron chi connectivity index (χ3n) is 8.08. The first-order valence-electron chi connectivity index (χ1n) is 15.4. The molecule has 4 aromatic carbocycles. The first-order chi connectivity index (χ1) is 22.2. The topological polar surface area (TPSA) is 119 Å². The van der Waals surface area contributed by atoms with Gasteiger partial charge in [-0.3, -0.25) is 19.2 Å². The fraction of sp³-hybridized carbons (Fsp3) is 0.243. The first-order valence-corrected chi connectivity index (χ1v) is 15.4. The second kappa shape index (κ2) is 15.0. The van der Waals surface area contributed by atoms with Crippen molar-refractivity contribution in [3.05, 3.63) is 131 Å². The maximum absolute atomic E-state index is 13.5. The number of carboxylic acids is 1. The zero-order valence-electron chi connectivity index (χ0n) is 25.8. The van der Waals surface area contributed by atoms with Crippen LogP contribution in [0.15, 0.2) is 103 Å². The Kier molecular flexibility index (Phi) is 10.4. The predicted octanol–water partition coefficient (Wildman–Crippen LogP) is 5.01. The van der Waals surface area contributed by atoms with Crippen LogP contribution in [0.25, 0.3) is 0 Å². The Morgan fingerprint density at radius 1 is 0.761 bits per heavy atom. The van der Waals surface area contributed by atoms with E-state index in [1.54, 1.807) is 18.2 Å². The van der Waals surface area contributed by atoms with Crippen molar-refractivity contribution >= 4 is 35.1 Å². The molecule has 1 heterocycles. The number of carboxylic acid groups (broad SMARTS) is 1. The van der Waals surface area contributed by atoms with Crippen LogP contribution in [-0.2, 0) is 27.2 Å². The van der Waals surface area contributed by atoms with Gasteiger partial charge >= 0.3 is 5.97 Å². The third kappa shape index (κ3) is 8.59. The summed E-state index contributed by atoms with van der Waals surface area (Å²) in [6.07, 6.45) is 0.226. The lowest BCUT2D eigenvalue weighted by Gasteiger charge is -2.37. The van der Waals surface area contributed by atoms with Gasteiger partial charge in [-0.25, -0.2) is 0 Å². The van der Waals surface area contributed by atoms with Crippen molar-refractivity contribution in [3.8, 4) is 0 Å². The second-order valence-electron chi connectivity index (χ2n) is 11.5. The molecule has 0 aliphatic carbocycles. The summed E-state index contributed by atoms with van der Waals surface area (Å²) in [7, 11) is 0. The van der Waals surface area contributed by atoms with Crippen LogP contribution in [0.5, 0.6) is 0 Å². The van der Waals surface area contributed by atoms with Gasteiger partial charge in [-0.1, -0.05) is 90.5 Å². The van der Waals surface area contributed by atoms with E-state index in [9.17, 15) is 24.3 Å². The molecular weight excluding hydrogens is 580 g/mol. The number of aliphatic carboxylic acids is 1. The van der Waals surface area contributed by atoms with Crippen molar-refractivity contribution < 1.29 is 24.3 Å². The van der Waals surface area contributed by atoms with Crippen molar-refractivity contribution in [2.75, 3.05) is 36.4 Å². The number of amides is 3. The summed E-state index contributed by atoms with van der Waals surface area (Å²) in [6, 6.07) is 30.8. The molecule has 1 aliphatic rings. The number of carbonyl (C=O) groups is 4. The molecule has 236 valence electrons. The molecule has 0 spiro atoms. The molecule has 9 heteroatoms. The number of benzene rings is 4. The van der Waals surface area contributed by atoms with E-state index in [1.165, 1.54) is 0 Å². The van der Waals surface area contributed by atoms with Crippen LogP contribution < -0.4 is 15.5 Å². The molecule has 0 saturated carbocycles. The van der Waals surface area contributed by atoms with Crippen LogP contribution in [0.1, 0.15) is 45.1 Å². The van der Waals surface area contributed by atoms with Gasteiger partial charge in [0.15, 0.2) is 0 Å². The Hall–Kier alpha value is -5.44. The number of anilines is 2. The Morgan fingerprint density at radius 2 is 1.37 bits per heavy atom. The van der Waals surface area contributed by atoms with E-state index < -0.39 is 17.9 Å². The lowest BCUT2D eigenvalue weighted by molar-refractivity contribution is -0.137. The summed E-state index contributed by atoms with van der Waals surface area (Å²) in [6.45, 7) is 4.10. The Morgan fingerprint density at radius 3 is 1.98 bits per heavy atom. The summed E-state index contributed by atoms with van der Waals surface area (Å²) < 4.78 is 0. The molecule has 46 heavy (non-hydrogen) atoms. The van der Waals surface area contributed by atoms with Crippen LogP contribution in [0, 0.1) is 6.92 Å². The van der Waals surface area contributed by atoms with Crippen molar-refractivity contribution in [1.82, 2.24) is 10.2 Å². The third-order valence-corrected chi connectivity index (χ3v) is 8.08. The number of piperazine rings is 1. The number of carbonyl (C=O) groups excluding carboxylic acids is 3. The highest BCUT2D eigenvalue weighted by Crippen LogP contribution is 2.29. The molecule has 1 unspecified atom stereocenters. The smallest absolute Gasteiger partial charge is 0.305 e. The van der Waals surface area contributed by atoms with Crippen molar-refractivity contribution in [3.63, 3.8) is 0 Å². The summed E-state index contributed by atoms with van der Waals surface area (Å²) in [5.41, 5.74) is 5.05. The highest BCUT2D eigenvalue weighted by atomic mass is 16.4. The molecule has 3 N–H and O–H groups in total. The van der Waals surface area contributed by atoms with Gasteiger partial charge in [0.25, 0.3) is 5.91 Å². The molecule has 4 aromatic rings. The zero-order chi connectivity index (χ0) is 32.5. The van der Waals surface area contributed by atoms with E-state index in [0.29, 0.717) is 43.9 Å². The van der Waals surface area contributed by atoms with E-state index in [0.717, 1.165) is 22.4 Å². The monoisotopic (exact) mass is 618 g/mol. The molecule has 0 bridgehead atoms. The molecule has 0 aromatic heterocycles. The van der Waals surface area contributed by atoms with Crippen molar-refractivity contribution in [2.45, 2.75) is 32.2 Å². The molecule has 0 radical (unpaired) electrons. The molecular formula is C37H38N4O5. The van der Waals surface area contributed by atoms with Gasteiger partial charge in [0, 0.05) is 31.7 Å². The fourth-order valence-electron chi connectivity index (χ4n) is 5.58. The number of rotatable bonds is 11. The molecule has 5 rings (SSSR count). The standard InChI is InChI=1S/C37H38N4O5/c1-26-12-14-29(15-13-26)31(25-36(44)45)39-37(46)30-16-17-33(32(24-30)38-34(42)22-27-8-4-2-5-9-27)40-18-20-41(21-19-40)35(43)23-28-10-6-3-7-11-28/h2-17,24,31H,18-23,25H2,1H3,(H,38,42)(H,39,46)(H,44,45). The van der Waals surface area contributed by atoms with Gasteiger partial charge in [-0.2, -0.15) is 0 Å². The second-order valence-corrected chi connectivity index (χ2v) is 11.5. The SMILES string of the molecule is Cc1ccc(C(CC(=O)O)NC(=O)c2ccc(N3CCN(C(=O)Cc4ccccc4)CC3)c(NC(=O)Cc3ccccc3)c2)cc1. The lowest BCUT2D eigenvalue weighted by Crippen LogP contribution is -2.49. The minimum absolute atomic E-state index is 0.0683. The average molecular weight is 619 g/mol. The van der Waals surface area contributed by atoms with Gasteiger partial charge in [0.05, 0.1) is 36.7 Å². The summed E-state index contributed by atoms with van der Waals surface area (Å²) in [5, 5.41) is 15.4. The zero-order valence-corrected chi connectivity index (χ0v) is 25.8. The number of hydrogen-bond donors (Lipinski definition) is 3. The van der Waals surface area contributed by atoms with Crippen molar-refractivity contribution in [1.29, 1.82) is 0 Å². The van der Waals surface area contributed by atoms with Gasteiger partial charge < -0.3 is 25.5 Å². The number of nitrogens with zero attached hydrogens (tertiary/aromatic N) is 2. The maximum Gasteiger partial charge on any atom is 0.305 e. The van der Waals surface area contributed by atoms with E-state index in [2.05, 4.69) is 15.5 Å². The highest BCUT2D eigenvalue weighted by Gasteiger charge is 2.25. The van der Waals surface area contributed by atoms with Crippen LogP contribution in [0.3, 0.4) is 0 Å². The molecule has 3 amide bonds. The summed E-state index contributed by atoms with van der Waals surface area (Å²) >= 11 is 0. The van der Waals surface area contributed by atoms with Gasteiger partial charge in [-0.15, -0.1) is 0 Å². The molecule has 9 nitrogen and oxygen atoms in total. The fourth-order valence-corrected chi connectivity index (χ4v) is 5.58. The molecule has 1 atom stereocenters. The predicted molar refractivity (Wildman–Crippen MR) is 178 cm³/mol. The lowest BCUT2D eigenvalue weighted by atomic mass is 10.0. The van der Waals surface area contributed by atoms with E-state index >= 15 is 0 Å². The minimum atomic E-state index is -1.03. The Bertz CT molecular complexity index is 1670. The van der Waals surface area contributed by atoms with Crippen molar-refractivity contribution in [2.24, 2.45) is 0 Å². The quantitative estimate of drug-likeness (QED) is 0.217. The average Bonchev–Trinajstić information content (AvgIpc) is 3.05. The number of hydrogen-bond acceptors (Lipinski definition) is 5. The van der Waals surface area contributed by atoms with Crippen LogP contribution in [-0.4, -0.2) is 59.9 Å². The van der Waals surface area contributed by atoms with Gasteiger partial charge in [-0.05, 0) is 41.8 Å². The molecule has 1 saturated heterocycles. The highest BCUT2D eigenvalue weighted by molar-refractivity contribution is 6.00. The first kappa shape index (κ1) is 32.0. The normalized spacial score (nSPS) is 13.5. The van der Waals surface area contributed by atoms with Crippen LogP contribution >= 0.6 is 0 Å². The van der Waals surface area contributed by atoms with E-state index in [4.69, 9.17) is 0 Å². The number of aryl methyl sites for hydroxylation is 1. The maximum atomic E-state index is 13.5. The Labute approximate surface area is 268 Å². The number of nitrogens with one attached hydrogen (secondary N) is 2. The van der Waals surface area contributed by atoms with Crippen LogP contribution in [0.4, 0.5) is 11.4 Å². The molecule has 1 aliphatic heterocycles. The summed E-state index contributed by atoms with van der Waals surface area (Å²) in [5.74, 6) is -1.64. The Balaban J connectivity index is 1.34. The van der Waals surface area contributed by atoms with Gasteiger partial charge in [0.2, 0.25) is 11.8 Å².